The molecule has 0 spiro atoms. The van der Waals surface area contributed by atoms with E-state index in [4.69, 9.17) is 0 Å². The number of benzene rings is 1. The molecule has 0 unspecified atom stereocenters. The van der Waals surface area contributed by atoms with E-state index in [0.717, 1.165) is 22.3 Å². The highest BCUT2D eigenvalue weighted by atomic mass is 19.1. The van der Waals surface area contributed by atoms with Crippen LogP contribution in [0.2, 0.25) is 0 Å². The molecule has 2 nitrogen and oxygen atoms in total. The van der Waals surface area contributed by atoms with Crippen molar-refractivity contribution in [2.75, 3.05) is 0 Å². The molecule has 16 heavy (non-hydrogen) atoms. The summed E-state index contributed by atoms with van der Waals surface area (Å²) in [6, 6.07) is 8.76. The van der Waals surface area contributed by atoms with Gasteiger partial charge in [0.15, 0.2) is 0 Å². The van der Waals surface area contributed by atoms with Gasteiger partial charge in [0.25, 0.3) is 0 Å². The third-order valence-corrected chi connectivity index (χ3v) is 2.47. The van der Waals surface area contributed by atoms with Gasteiger partial charge < -0.3 is 5.11 Å². The van der Waals surface area contributed by atoms with Crippen molar-refractivity contribution in [2.45, 2.75) is 13.5 Å². The zero-order chi connectivity index (χ0) is 11.5. The highest BCUT2D eigenvalue weighted by Crippen LogP contribution is 2.24. The Kier molecular flexibility index (Phi) is 2.97. The van der Waals surface area contributed by atoms with Gasteiger partial charge in [-0.15, -0.1) is 0 Å². The summed E-state index contributed by atoms with van der Waals surface area (Å²) >= 11 is 0. The maximum atomic E-state index is 12.7. The van der Waals surface area contributed by atoms with Crippen molar-refractivity contribution < 1.29 is 9.50 Å². The molecule has 2 rings (SSSR count). The second-order valence-electron chi connectivity index (χ2n) is 3.69. The number of pyridine rings is 1. The number of aromatic nitrogens is 1. The first kappa shape index (κ1) is 10.8. The van der Waals surface area contributed by atoms with Gasteiger partial charge in [0.1, 0.15) is 0 Å². The lowest BCUT2D eigenvalue weighted by atomic mass is 9.99. The molecule has 1 N–H and O–H groups in total. The third-order valence-electron chi connectivity index (χ3n) is 2.47. The average Bonchev–Trinajstić information content (AvgIpc) is 2.30. The molecule has 0 atom stereocenters. The monoisotopic (exact) mass is 217 g/mol. The average molecular weight is 217 g/mol. The zero-order valence-corrected chi connectivity index (χ0v) is 8.94. The van der Waals surface area contributed by atoms with Crippen molar-refractivity contribution >= 4 is 0 Å². The zero-order valence-electron chi connectivity index (χ0n) is 8.94. The lowest BCUT2D eigenvalue weighted by Gasteiger charge is -2.08. The highest BCUT2D eigenvalue weighted by molar-refractivity contribution is 5.66. The van der Waals surface area contributed by atoms with Gasteiger partial charge >= 0.3 is 0 Å². The van der Waals surface area contributed by atoms with E-state index in [1.54, 1.807) is 6.07 Å². The fraction of sp³-hybridized carbons (Fsp3) is 0.154. The molecule has 0 amide bonds. The van der Waals surface area contributed by atoms with E-state index in [1.165, 1.54) is 12.3 Å². The number of hydrogen-bond acceptors (Lipinski definition) is 2. The molecule has 3 heteroatoms. The number of nitrogens with zero attached hydrogens (tertiary/aromatic N) is 1. The molecule has 0 aliphatic heterocycles. The topological polar surface area (TPSA) is 33.1 Å². The van der Waals surface area contributed by atoms with Gasteiger partial charge in [-0.1, -0.05) is 23.8 Å². The molecular formula is C13H12FNO. The van der Waals surface area contributed by atoms with Crippen molar-refractivity contribution in [3.63, 3.8) is 0 Å². The molecule has 0 saturated heterocycles. The van der Waals surface area contributed by atoms with Crippen molar-refractivity contribution in [3.8, 4) is 11.1 Å². The lowest BCUT2D eigenvalue weighted by molar-refractivity contribution is 0.282. The molecule has 82 valence electrons. The van der Waals surface area contributed by atoms with Crippen LogP contribution in [0.5, 0.6) is 0 Å². The number of halogens is 1. The van der Waals surface area contributed by atoms with Gasteiger partial charge in [0, 0.05) is 11.8 Å². The number of hydrogen-bond donors (Lipinski definition) is 1. The Morgan fingerprint density at radius 1 is 1.25 bits per heavy atom. The van der Waals surface area contributed by atoms with Crippen LogP contribution in [0.25, 0.3) is 11.1 Å². The molecule has 0 fully saturated rings. The van der Waals surface area contributed by atoms with Gasteiger partial charge in [-0.2, -0.15) is 4.39 Å². The second-order valence-corrected chi connectivity index (χ2v) is 3.69. The Morgan fingerprint density at radius 2 is 2.06 bits per heavy atom. The van der Waals surface area contributed by atoms with Crippen LogP contribution in [0.1, 0.15) is 11.1 Å². The van der Waals surface area contributed by atoms with Crippen molar-refractivity contribution in [1.82, 2.24) is 4.98 Å². The molecule has 0 aliphatic rings. The van der Waals surface area contributed by atoms with E-state index < -0.39 is 5.95 Å². The molecule has 1 heterocycles. The van der Waals surface area contributed by atoms with Crippen LogP contribution < -0.4 is 0 Å². The highest BCUT2D eigenvalue weighted by Gasteiger charge is 2.05. The molecule has 0 bridgehead atoms. The minimum absolute atomic E-state index is 0.0333. The van der Waals surface area contributed by atoms with Crippen molar-refractivity contribution in [2.24, 2.45) is 0 Å². The Hall–Kier alpha value is -1.74. The van der Waals surface area contributed by atoms with E-state index >= 15 is 0 Å². The summed E-state index contributed by atoms with van der Waals surface area (Å²) in [4.78, 5) is 3.61. The van der Waals surface area contributed by atoms with Crippen LogP contribution in [-0.4, -0.2) is 10.1 Å². The molecule has 1 aromatic carbocycles. The van der Waals surface area contributed by atoms with Crippen LogP contribution in [-0.2, 0) is 6.61 Å². The van der Waals surface area contributed by atoms with Gasteiger partial charge in [0.05, 0.1) is 6.61 Å². The first-order chi connectivity index (χ1) is 7.70. The number of rotatable bonds is 2. The summed E-state index contributed by atoms with van der Waals surface area (Å²) in [5.74, 6) is -0.499. The standard InChI is InChI=1S/C13H12FNO/c1-9-2-4-12(11(6-9)8-16)10-3-5-13(14)15-7-10/h2-7,16H,8H2,1H3. The molecule has 1 aromatic heterocycles. The number of aryl methyl sites for hydroxylation is 1. The first-order valence-electron chi connectivity index (χ1n) is 5.03. The van der Waals surface area contributed by atoms with E-state index in [9.17, 15) is 9.50 Å². The Morgan fingerprint density at radius 3 is 2.69 bits per heavy atom. The summed E-state index contributed by atoms with van der Waals surface area (Å²) in [5.41, 5.74) is 3.61. The quantitative estimate of drug-likeness (QED) is 0.784. The van der Waals surface area contributed by atoms with Crippen LogP contribution in [0.15, 0.2) is 36.5 Å². The van der Waals surface area contributed by atoms with E-state index in [-0.39, 0.29) is 6.61 Å². The van der Waals surface area contributed by atoms with E-state index in [0.29, 0.717) is 0 Å². The largest absolute Gasteiger partial charge is 0.392 e. The third kappa shape index (κ3) is 2.09. The summed E-state index contributed by atoms with van der Waals surface area (Å²) in [5, 5.41) is 9.26. The van der Waals surface area contributed by atoms with Gasteiger partial charge in [-0.3, -0.25) is 0 Å². The van der Waals surface area contributed by atoms with Gasteiger partial charge in [-0.05, 0) is 30.2 Å². The van der Waals surface area contributed by atoms with E-state index in [1.807, 2.05) is 25.1 Å². The van der Waals surface area contributed by atoms with Gasteiger partial charge in [0.2, 0.25) is 5.95 Å². The number of aliphatic hydroxyl groups is 1. The molecular weight excluding hydrogens is 205 g/mol. The SMILES string of the molecule is Cc1ccc(-c2ccc(F)nc2)c(CO)c1. The smallest absolute Gasteiger partial charge is 0.212 e. The second kappa shape index (κ2) is 4.41. The summed E-state index contributed by atoms with van der Waals surface area (Å²) in [7, 11) is 0. The fourth-order valence-corrected chi connectivity index (χ4v) is 1.67. The van der Waals surface area contributed by atoms with Crippen LogP contribution >= 0.6 is 0 Å². The maximum absolute atomic E-state index is 12.7. The summed E-state index contributed by atoms with van der Waals surface area (Å²) < 4.78 is 12.7. The van der Waals surface area contributed by atoms with Gasteiger partial charge in [-0.25, -0.2) is 4.98 Å². The minimum atomic E-state index is -0.499. The van der Waals surface area contributed by atoms with Crippen LogP contribution in [0.3, 0.4) is 0 Å². The lowest BCUT2D eigenvalue weighted by Crippen LogP contribution is -1.92. The van der Waals surface area contributed by atoms with Crippen LogP contribution in [0.4, 0.5) is 4.39 Å². The normalized spacial score (nSPS) is 10.4. The Balaban J connectivity index is 2.51. The molecule has 0 saturated carbocycles. The Bertz CT molecular complexity index is 494. The molecule has 0 aliphatic carbocycles. The fourth-order valence-electron chi connectivity index (χ4n) is 1.67. The predicted octanol–water partition coefficient (Wildman–Crippen LogP) is 2.69. The van der Waals surface area contributed by atoms with Crippen molar-refractivity contribution in [1.29, 1.82) is 0 Å². The minimum Gasteiger partial charge on any atom is -0.392 e. The molecule has 2 aromatic rings. The molecule has 0 radical (unpaired) electrons. The Labute approximate surface area is 93.4 Å². The van der Waals surface area contributed by atoms with Crippen LogP contribution in [0, 0.1) is 12.9 Å². The first-order valence-corrected chi connectivity index (χ1v) is 5.03. The maximum Gasteiger partial charge on any atom is 0.212 e. The van der Waals surface area contributed by atoms with Crippen molar-refractivity contribution in [3.05, 3.63) is 53.6 Å². The summed E-state index contributed by atoms with van der Waals surface area (Å²) in [6.45, 7) is 1.93. The summed E-state index contributed by atoms with van der Waals surface area (Å²) in [6.07, 6.45) is 1.47. The van der Waals surface area contributed by atoms with E-state index in [2.05, 4.69) is 4.98 Å². The number of aliphatic hydroxyl groups excluding tert-OH is 1. The predicted molar refractivity (Wildman–Crippen MR) is 60.3 cm³/mol.